The zero-order valence-corrected chi connectivity index (χ0v) is 16.8. The lowest BCUT2D eigenvalue weighted by Crippen LogP contribution is -2.13. The number of nitrogens with zero attached hydrogens (tertiary/aromatic N) is 2. The topological polar surface area (TPSA) is 46.9 Å². The lowest BCUT2D eigenvalue weighted by Gasteiger charge is -2.18. The molecule has 0 fully saturated rings. The van der Waals surface area contributed by atoms with E-state index in [0.717, 1.165) is 35.5 Å². The second-order valence-electron chi connectivity index (χ2n) is 6.06. The van der Waals surface area contributed by atoms with Crippen LogP contribution in [0.5, 0.6) is 0 Å². The predicted octanol–water partition coefficient (Wildman–Crippen LogP) is 5.55. The molecule has 1 unspecified atom stereocenters. The van der Waals surface area contributed by atoms with Gasteiger partial charge in [0.1, 0.15) is 0 Å². The highest BCUT2D eigenvalue weighted by Crippen LogP contribution is 2.30. The molecule has 0 saturated carbocycles. The van der Waals surface area contributed by atoms with Crippen LogP contribution in [0.3, 0.4) is 0 Å². The first kappa shape index (κ1) is 19.8. The number of nitrogens with one attached hydrogen (secondary N) is 1. The molecule has 1 heterocycles. The van der Waals surface area contributed by atoms with E-state index in [4.69, 9.17) is 23.2 Å². The van der Waals surface area contributed by atoms with Gasteiger partial charge in [-0.2, -0.15) is 0 Å². The number of benzene rings is 2. The average Bonchev–Trinajstić information content (AvgIpc) is 3.16. The van der Waals surface area contributed by atoms with Crippen molar-refractivity contribution in [3.63, 3.8) is 0 Å². The first-order chi connectivity index (χ1) is 13.1. The quantitative estimate of drug-likeness (QED) is 0.365. The van der Waals surface area contributed by atoms with Gasteiger partial charge in [0, 0.05) is 44.8 Å². The van der Waals surface area contributed by atoms with Crippen molar-refractivity contribution in [1.29, 1.82) is 0 Å². The summed E-state index contributed by atoms with van der Waals surface area (Å²) in [5.41, 5.74) is 1.89. The number of hydrogen-bond donors (Lipinski definition) is 1. The number of halogens is 2. The van der Waals surface area contributed by atoms with Crippen LogP contribution in [0.1, 0.15) is 12.0 Å². The molecule has 7 heteroatoms. The monoisotopic (exact) mass is 419 g/mol. The van der Waals surface area contributed by atoms with Gasteiger partial charge in [0.15, 0.2) is 0 Å². The van der Waals surface area contributed by atoms with Crippen LogP contribution in [0.15, 0.2) is 66.1 Å². The predicted molar refractivity (Wildman–Crippen MR) is 113 cm³/mol. The second kappa shape index (κ2) is 9.83. The van der Waals surface area contributed by atoms with E-state index >= 15 is 0 Å². The highest BCUT2D eigenvalue weighted by Gasteiger charge is 2.13. The van der Waals surface area contributed by atoms with E-state index in [1.54, 1.807) is 12.3 Å². The number of hydrogen-bond acceptors (Lipinski definition) is 3. The molecule has 1 aromatic heterocycles. The Bertz CT molecular complexity index is 869. The molecule has 4 nitrogen and oxygen atoms in total. The Kier molecular flexibility index (Phi) is 7.21. The minimum atomic E-state index is 0.343. The molecule has 0 spiro atoms. The van der Waals surface area contributed by atoms with Crippen LogP contribution in [0.4, 0.5) is 5.69 Å². The number of thioether (sulfide) groups is 1. The highest BCUT2D eigenvalue weighted by atomic mass is 35.5. The number of amides is 1. The van der Waals surface area contributed by atoms with Crippen LogP contribution < -0.4 is 5.32 Å². The number of imidazole rings is 1. The molecule has 3 aromatic rings. The van der Waals surface area contributed by atoms with Gasteiger partial charge in [0.05, 0.1) is 6.33 Å². The third-order valence-electron chi connectivity index (χ3n) is 4.11. The first-order valence-corrected chi connectivity index (χ1v) is 10.1. The fourth-order valence-corrected chi connectivity index (χ4v) is 4.41. The Morgan fingerprint density at radius 2 is 2.00 bits per heavy atom. The molecule has 0 bridgehead atoms. The van der Waals surface area contributed by atoms with E-state index in [0.29, 0.717) is 21.7 Å². The minimum absolute atomic E-state index is 0.343. The van der Waals surface area contributed by atoms with E-state index in [2.05, 4.69) is 14.9 Å². The van der Waals surface area contributed by atoms with Crippen molar-refractivity contribution in [2.24, 2.45) is 0 Å². The summed E-state index contributed by atoms with van der Waals surface area (Å²) >= 11 is 14.1. The van der Waals surface area contributed by atoms with Crippen molar-refractivity contribution in [2.75, 3.05) is 5.32 Å². The van der Waals surface area contributed by atoms with Gasteiger partial charge in [-0.25, -0.2) is 4.98 Å². The maximum absolute atomic E-state index is 10.5. The van der Waals surface area contributed by atoms with Crippen LogP contribution in [-0.2, 0) is 17.8 Å². The van der Waals surface area contributed by atoms with Crippen LogP contribution in [0, 0.1) is 0 Å². The molecule has 1 N–H and O–H groups in total. The van der Waals surface area contributed by atoms with Crippen molar-refractivity contribution < 1.29 is 4.79 Å². The van der Waals surface area contributed by atoms with Gasteiger partial charge >= 0.3 is 0 Å². The Morgan fingerprint density at radius 1 is 1.19 bits per heavy atom. The van der Waals surface area contributed by atoms with Gasteiger partial charge in [-0.05, 0) is 54.8 Å². The van der Waals surface area contributed by atoms with Crippen molar-refractivity contribution in [3.8, 4) is 0 Å². The van der Waals surface area contributed by atoms with E-state index in [1.165, 1.54) is 0 Å². The normalized spacial score (nSPS) is 11.9. The summed E-state index contributed by atoms with van der Waals surface area (Å²) in [6, 6.07) is 13.5. The molecule has 1 amide bonds. The lowest BCUT2D eigenvalue weighted by molar-refractivity contribution is -0.105. The number of aryl methyl sites for hydroxylation is 1. The molecule has 2 aromatic carbocycles. The van der Waals surface area contributed by atoms with E-state index < -0.39 is 0 Å². The number of anilines is 1. The second-order valence-corrected chi connectivity index (χ2v) is 8.28. The smallest absolute Gasteiger partial charge is 0.211 e. The summed E-state index contributed by atoms with van der Waals surface area (Å²) in [5, 5.41) is 4.35. The van der Waals surface area contributed by atoms with Gasteiger partial charge in [-0.1, -0.05) is 29.3 Å². The fourth-order valence-electron chi connectivity index (χ4n) is 2.75. The molecule has 1 atom stereocenters. The van der Waals surface area contributed by atoms with E-state index in [-0.39, 0.29) is 0 Å². The third kappa shape index (κ3) is 6.03. The number of aromatic nitrogens is 2. The largest absolute Gasteiger partial charge is 0.336 e. The molecule has 0 aliphatic rings. The van der Waals surface area contributed by atoms with Crippen LogP contribution in [0.2, 0.25) is 10.0 Å². The van der Waals surface area contributed by atoms with Gasteiger partial charge < -0.3 is 9.88 Å². The van der Waals surface area contributed by atoms with E-state index in [9.17, 15) is 4.79 Å². The molecular formula is C20H19Cl2N3OS. The van der Waals surface area contributed by atoms with Gasteiger partial charge in [0.2, 0.25) is 6.41 Å². The van der Waals surface area contributed by atoms with Crippen LogP contribution in [0.25, 0.3) is 0 Å². The Hall–Kier alpha value is -1.95. The third-order valence-corrected chi connectivity index (χ3v) is 5.96. The van der Waals surface area contributed by atoms with Crippen LogP contribution >= 0.6 is 35.0 Å². The summed E-state index contributed by atoms with van der Waals surface area (Å²) < 4.78 is 2.09. The van der Waals surface area contributed by atoms with Crippen molar-refractivity contribution in [2.45, 2.75) is 29.5 Å². The zero-order chi connectivity index (χ0) is 19.1. The average molecular weight is 420 g/mol. The fraction of sp³-hybridized carbons (Fsp3) is 0.200. The maximum Gasteiger partial charge on any atom is 0.211 e. The summed E-state index contributed by atoms with van der Waals surface area (Å²) in [5.74, 6) is 0. The number of rotatable bonds is 9. The van der Waals surface area contributed by atoms with Gasteiger partial charge in [0.25, 0.3) is 0 Å². The summed E-state index contributed by atoms with van der Waals surface area (Å²) in [7, 11) is 0. The molecule has 0 saturated heterocycles. The van der Waals surface area contributed by atoms with E-state index in [1.807, 2.05) is 60.7 Å². The van der Waals surface area contributed by atoms with Crippen LogP contribution in [-0.4, -0.2) is 21.2 Å². The molecule has 0 aliphatic heterocycles. The summed E-state index contributed by atoms with van der Waals surface area (Å²) in [6.45, 7) is 0.851. The zero-order valence-electron chi connectivity index (χ0n) is 14.5. The Labute approximate surface area is 172 Å². The lowest BCUT2D eigenvalue weighted by atomic mass is 10.1. The molecule has 0 radical (unpaired) electrons. The van der Waals surface area contributed by atoms with Crippen molar-refractivity contribution >= 4 is 47.1 Å². The number of carbonyl (C=O) groups is 1. The summed E-state index contributed by atoms with van der Waals surface area (Å²) in [6.07, 6.45) is 8.10. The minimum Gasteiger partial charge on any atom is -0.336 e. The van der Waals surface area contributed by atoms with Crippen molar-refractivity contribution in [1.82, 2.24) is 9.55 Å². The Morgan fingerprint density at radius 3 is 2.67 bits per heavy atom. The van der Waals surface area contributed by atoms with Crippen molar-refractivity contribution in [3.05, 3.63) is 76.8 Å². The summed E-state index contributed by atoms with van der Waals surface area (Å²) in [4.78, 5) is 15.8. The Balaban J connectivity index is 1.69. The molecule has 3 rings (SSSR count). The SMILES string of the molecule is O=CNc1ccc(SC(CCc2ccc(Cl)cc2Cl)Cn2ccnc2)cc1. The molecule has 0 aliphatic carbocycles. The highest BCUT2D eigenvalue weighted by molar-refractivity contribution is 8.00. The molecular weight excluding hydrogens is 401 g/mol. The number of carbonyl (C=O) groups excluding carboxylic acids is 1. The van der Waals surface area contributed by atoms with Gasteiger partial charge in [-0.15, -0.1) is 11.8 Å². The molecule has 140 valence electrons. The standard InChI is InChI=1S/C20H19Cl2N3OS/c21-16-3-1-15(20(22)11-16)2-6-19(12-25-10-9-23-13-25)27-18-7-4-17(5-8-18)24-14-26/h1,3-5,7-11,13-14,19H,2,6,12H2,(H,24,26). The first-order valence-electron chi connectivity index (χ1n) is 8.50. The molecule has 27 heavy (non-hydrogen) atoms. The van der Waals surface area contributed by atoms with Gasteiger partial charge in [-0.3, -0.25) is 4.79 Å². The maximum atomic E-state index is 10.5.